The first-order valence-electron chi connectivity index (χ1n) is 6.13. The van der Waals surface area contributed by atoms with E-state index in [0.29, 0.717) is 15.6 Å². The van der Waals surface area contributed by atoms with Gasteiger partial charge in [-0.1, -0.05) is 23.2 Å². The van der Waals surface area contributed by atoms with Crippen LogP contribution in [0.25, 0.3) is 10.9 Å². The number of halogens is 2. The number of rotatable bonds is 2. The number of hydrogen-bond acceptors (Lipinski definition) is 3. The van der Waals surface area contributed by atoms with Crippen molar-refractivity contribution < 1.29 is 9.90 Å². The number of aromatic nitrogens is 1. The quantitative estimate of drug-likeness (QED) is 0.709. The highest BCUT2D eigenvalue weighted by atomic mass is 35.5. The Bertz CT molecular complexity index is 862. The Hall–Kier alpha value is -2.10. The maximum atomic E-state index is 12.5. The summed E-state index contributed by atoms with van der Waals surface area (Å²) in [6, 6.07) is 11.3. The molecule has 0 aliphatic carbocycles. The monoisotopic (exact) mass is 317 g/mol. The highest BCUT2D eigenvalue weighted by Crippen LogP contribution is 2.25. The molecule has 104 valence electrons. The fraction of sp³-hybridized carbons (Fsp3) is 0. The molecule has 0 spiro atoms. The molecule has 1 aromatic heterocycles. The van der Waals surface area contributed by atoms with Gasteiger partial charge in [0, 0.05) is 27.2 Å². The molecule has 0 amide bonds. The van der Waals surface area contributed by atoms with Crippen molar-refractivity contribution in [3.05, 3.63) is 69.8 Å². The SMILES string of the molecule is O=C(c1cnc2ccc(Cl)cc2c1)c1cc(Cl)ccc1O. The Morgan fingerprint density at radius 2 is 1.71 bits per heavy atom. The largest absolute Gasteiger partial charge is 0.507 e. The lowest BCUT2D eigenvalue weighted by atomic mass is 10.0. The molecule has 0 aliphatic rings. The molecule has 1 heterocycles. The van der Waals surface area contributed by atoms with Gasteiger partial charge < -0.3 is 5.11 Å². The van der Waals surface area contributed by atoms with E-state index in [1.807, 2.05) is 0 Å². The lowest BCUT2D eigenvalue weighted by Crippen LogP contribution is -2.02. The van der Waals surface area contributed by atoms with Gasteiger partial charge in [-0.15, -0.1) is 0 Å². The summed E-state index contributed by atoms with van der Waals surface area (Å²) in [4.78, 5) is 16.7. The van der Waals surface area contributed by atoms with E-state index >= 15 is 0 Å². The summed E-state index contributed by atoms with van der Waals surface area (Å²) in [6.45, 7) is 0. The molecule has 0 bridgehead atoms. The highest BCUT2D eigenvalue weighted by molar-refractivity contribution is 6.31. The molecule has 3 nitrogen and oxygen atoms in total. The first-order chi connectivity index (χ1) is 10.0. The molecule has 3 rings (SSSR count). The summed E-state index contributed by atoms with van der Waals surface area (Å²) in [5, 5.41) is 11.5. The Morgan fingerprint density at radius 1 is 1.00 bits per heavy atom. The highest BCUT2D eigenvalue weighted by Gasteiger charge is 2.15. The number of hydrogen-bond donors (Lipinski definition) is 1. The zero-order chi connectivity index (χ0) is 15.0. The van der Waals surface area contributed by atoms with Crippen LogP contribution in [0.5, 0.6) is 5.75 Å². The second kappa shape index (κ2) is 5.35. The van der Waals surface area contributed by atoms with Crippen LogP contribution in [0.2, 0.25) is 10.0 Å². The number of benzene rings is 2. The van der Waals surface area contributed by atoms with Crippen LogP contribution in [0.15, 0.2) is 48.7 Å². The molecule has 0 saturated carbocycles. The zero-order valence-electron chi connectivity index (χ0n) is 10.7. The van der Waals surface area contributed by atoms with Gasteiger partial charge in [-0.3, -0.25) is 9.78 Å². The minimum atomic E-state index is -0.343. The van der Waals surface area contributed by atoms with E-state index < -0.39 is 0 Å². The molecule has 3 aromatic rings. The van der Waals surface area contributed by atoms with E-state index in [1.165, 1.54) is 24.4 Å². The van der Waals surface area contributed by atoms with Gasteiger partial charge in [0.15, 0.2) is 5.78 Å². The van der Waals surface area contributed by atoms with Crippen molar-refractivity contribution in [3.8, 4) is 5.75 Å². The van der Waals surface area contributed by atoms with Gasteiger partial charge >= 0.3 is 0 Å². The Morgan fingerprint density at radius 3 is 2.52 bits per heavy atom. The zero-order valence-corrected chi connectivity index (χ0v) is 12.2. The van der Waals surface area contributed by atoms with Crippen molar-refractivity contribution in [2.45, 2.75) is 0 Å². The number of nitrogens with zero attached hydrogens (tertiary/aromatic N) is 1. The summed E-state index contributed by atoms with van der Waals surface area (Å²) in [5.41, 5.74) is 1.25. The van der Waals surface area contributed by atoms with Crippen molar-refractivity contribution in [1.82, 2.24) is 4.98 Å². The number of fused-ring (bicyclic) bond motifs is 1. The van der Waals surface area contributed by atoms with Gasteiger partial charge in [0.25, 0.3) is 0 Å². The molecular formula is C16H9Cl2NO2. The van der Waals surface area contributed by atoms with E-state index in [4.69, 9.17) is 23.2 Å². The van der Waals surface area contributed by atoms with Crippen LogP contribution in [0.3, 0.4) is 0 Å². The van der Waals surface area contributed by atoms with E-state index in [0.717, 1.165) is 10.9 Å². The number of carbonyl (C=O) groups is 1. The number of ketones is 1. The molecule has 1 N–H and O–H groups in total. The summed E-state index contributed by atoms with van der Waals surface area (Å²) in [6.07, 6.45) is 1.47. The fourth-order valence-corrected chi connectivity index (χ4v) is 2.42. The number of phenols is 1. The topological polar surface area (TPSA) is 50.2 Å². The summed E-state index contributed by atoms with van der Waals surface area (Å²) >= 11 is 11.8. The Kier molecular flexibility index (Phi) is 3.53. The van der Waals surface area contributed by atoms with Gasteiger partial charge in [0.05, 0.1) is 11.1 Å². The smallest absolute Gasteiger partial charge is 0.198 e. The number of aromatic hydroxyl groups is 1. The van der Waals surface area contributed by atoms with Gasteiger partial charge in [0.1, 0.15) is 5.75 Å². The molecule has 2 aromatic carbocycles. The van der Waals surface area contributed by atoms with Gasteiger partial charge in [-0.05, 0) is 42.5 Å². The first kappa shape index (κ1) is 13.9. The van der Waals surface area contributed by atoms with Crippen molar-refractivity contribution in [2.24, 2.45) is 0 Å². The molecular weight excluding hydrogens is 309 g/mol. The predicted octanol–water partition coefficient (Wildman–Crippen LogP) is 4.48. The number of phenolic OH excluding ortho intramolecular Hbond substituents is 1. The molecule has 0 atom stereocenters. The van der Waals surface area contributed by atoms with E-state index in [9.17, 15) is 9.90 Å². The fourth-order valence-electron chi connectivity index (χ4n) is 2.07. The van der Waals surface area contributed by atoms with Crippen LogP contribution in [0.1, 0.15) is 15.9 Å². The summed E-state index contributed by atoms with van der Waals surface area (Å²) in [7, 11) is 0. The third-order valence-electron chi connectivity index (χ3n) is 3.11. The minimum absolute atomic E-state index is 0.115. The van der Waals surface area contributed by atoms with Crippen LogP contribution in [0, 0.1) is 0 Å². The van der Waals surface area contributed by atoms with Crippen molar-refractivity contribution in [1.29, 1.82) is 0 Å². The molecule has 0 radical (unpaired) electrons. The number of carbonyl (C=O) groups excluding carboxylic acids is 1. The lowest BCUT2D eigenvalue weighted by molar-refractivity contribution is 0.103. The van der Waals surface area contributed by atoms with Crippen molar-refractivity contribution >= 4 is 39.9 Å². The second-order valence-corrected chi connectivity index (χ2v) is 5.42. The van der Waals surface area contributed by atoms with Crippen molar-refractivity contribution in [3.63, 3.8) is 0 Å². The standard InChI is InChI=1S/C16H9Cl2NO2/c17-11-1-3-14-9(6-11)5-10(8-19-14)16(21)13-7-12(18)2-4-15(13)20/h1-8,20H. The van der Waals surface area contributed by atoms with Crippen LogP contribution in [-0.2, 0) is 0 Å². The Labute approximate surface area is 130 Å². The predicted molar refractivity (Wildman–Crippen MR) is 83.3 cm³/mol. The third kappa shape index (κ3) is 2.71. The van der Waals surface area contributed by atoms with Crippen LogP contribution < -0.4 is 0 Å². The van der Waals surface area contributed by atoms with E-state index in [-0.39, 0.29) is 17.1 Å². The maximum absolute atomic E-state index is 12.5. The molecule has 5 heteroatoms. The second-order valence-electron chi connectivity index (χ2n) is 4.55. The molecule has 0 saturated heterocycles. The maximum Gasteiger partial charge on any atom is 0.198 e. The van der Waals surface area contributed by atoms with Crippen molar-refractivity contribution in [2.75, 3.05) is 0 Å². The summed E-state index contributed by atoms with van der Waals surface area (Å²) in [5.74, 6) is -0.458. The average Bonchev–Trinajstić information content (AvgIpc) is 2.48. The molecule has 0 fully saturated rings. The Balaban J connectivity index is 2.11. The van der Waals surface area contributed by atoms with Crippen LogP contribution in [-0.4, -0.2) is 15.9 Å². The van der Waals surface area contributed by atoms with Crippen LogP contribution in [0.4, 0.5) is 0 Å². The molecule has 0 aliphatic heterocycles. The van der Waals surface area contributed by atoms with E-state index in [1.54, 1.807) is 24.3 Å². The normalized spacial score (nSPS) is 10.8. The van der Waals surface area contributed by atoms with Gasteiger partial charge in [-0.25, -0.2) is 0 Å². The minimum Gasteiger partial charge on any atom is -0.507 e. The molecule has 0 unspecified atom stereocenters. The third-order valence-corrected chi connectivity index (χ3v) is 3.58. The molecule has 21 heavy (non-hydrogen) atoms. The van der Waals surface area contributed by atoms with Gasteiger partial charge in [-0.2, -0.15) is 0 Å². The first-order valence-corrected chi connectivity index (χ1v) is 6.89. The van der Waals surface area contributed by atoms with Gasteiger partial charge in [0.2, 0.25) is 0 Å². The summed E-state index contributed by atoms with van der Waals surface area (Å²) < 4.78 is 0. The van der Waals surface area contributed by atoms with E-state index in [2.05, 4.69) is 4.98 Å². The number of pyridine rings is 1. The average molecular weight is 318 g/mol. The lowest BCUT2D eigenvalue weighted by Gasteiger charge is -2.06. The van der Waals surface area contributed by atoms with Crippen LogP contribution >= 0.6 is 23.2 Å².